The van der Waals surface area contributed by atoms with Crippen molar-refractivity contribution in [2.75, 3.05) is 31.2 Å². The Kier molecular flexibility index (Phi) is 5.31. The lowest BCUT2D eigenvalue weighted by atomic mass is 9.96. The van der Waals surface area contributed by atoms with Crippen molar-refractivity contribution in [2.24, 2.45) is 0 Å². The Labute approximate surface area is 112 Å². The lowest BCUT2D eigenvalue weighted by Gasteiger charge is -2.24. The van der Waals surface area contributed by atoms with Crippen LogP contribution in [0.2, 0.25) is 5.15 Å². The van der Waals surface area contributed by atoms with Crippen molar-refractivity contribution in [1.82, 2.24) is 9.97 Å². The minimum atomic E-state index is -0.205. The van der Waals surface area contributed by atoms with E-state index >= 15 is 0 Å². The first-order valence-electron chi connectivity index (χ1n) is 5.90. The molecule has 0 aliphatic rings. The third-order valence-electron chi connectivity index (χ3n) is 2.42. The first-order chi connectivity index (χ1) is 8.38. The van der Waals surface area contributed by atoms with Crippen LogP contribution in [0.1, 0.15) is 26.6 Å². The first kappa shape index (κ1) is 15.1. The highest BCUT2D eigenvalue weighted by Gasteiger charge is 2.20. The number of aliphatic hydroxyl groups is 2. The third kappa shape index (κ3) is 4.08. The van der Waals surface area contributed by atoms with Crippen molar-refractivity contribution in [3.8, 4) is 0 Å². The summed E-state index contributed by atoms with van der Waals surface area (Å²) in [5.74, 6) is 1.27. The fraction of sp³-hybridized carbons (Fsp3) is 0.667. The molecule has 0 bridgehead atoms. The minimum Gasteiger partial charge on any atom is -0.395 e. The van der Waals surface area contributed by atoms with E-state index in [1.165, 1.54) is 0 Å². The van der Waals surface area contributed by atoms with Crippen LogP contribution in [0, 0.1) is 0 Å². The summed E-state index contributed by atoms with van der Waals surface area (Å²) < 4.78 is 0. The molecule has 0 aliphatic heterocycles. The second-order valence-corrected chi connectivity index (χ2v) is 5.44. The van der Waals surface area contributed by atoms with Gasteiger partial charge in [-0.2, -0.15) is 0 Å². The summed E-state index contributed by atoms with van der Waals surface area (Å²) in [6, 6.07) is 1.64. The highest BCUT2D eigenvalue weighted by molar-refractivity contribution is 6.29. The van der Waals surface area contributed by atoms with Gasteiger partial charge in [-0.05, 0) is 0 Å². The molecule has 2 N–H and O–H groups in total. The van der Waals surface area contributed by atoms with Gasteiger partial charge in [0.15, 0.2) is 0 Å². The van der Waals surface area contributed by atoms with Crippen LogP contribution in [-0.2, 0) is 5.41 Å². The molecule has 0 radical (unpaired) electrons. The molecule has 0 atom stereocenters. The zero-order chi connectivity index (χ0) is 13.8. The normalized spacial score (nSPS) is 11.7. The van der Waals surface area contributed by atoms with Crippen LogP contribution in [-0.4, -0.2) is 46.5 Å². The molecule has 1 aromatic heterocycles. The smallest absolute Gasteiger partial charge is 0.137 e. The van der Waals surface area contributed by atoms with Gasteiger partial charge in [0.05, 0.1) is 13.2 Å². The van der Waals surface area contributed by atoms with Crippen molar-refractivity contribution >= 4 is 17.4 Å². The van der Waals surface area contributed by atoms with E-state index in [1.54, 1.807) is 11.0 Å². The molecule has 1 rings (SSSR count). The Morgan fingerprint density at radius 1 is 1.17 bits per heavy atom. The van der Waals surface area contributed by atoms with Crippen molar-refractivity contribution in [2.45, 2.75) is 26.2 Å². The van der Waals surface area contributed by atoms with E-state index in [4.69, 9.17) is 21.8 Å². The zero-order valence-electron chi connectivity index (χ0n) is 11.0. The number of halogens is 1. The maximum atomic E-state index is 9.02. The average molecular weight is 274 g/mol. The van der Waals surface area contributed by atoms with Gasteiger partial charge in [-0.15, -0.1) is 0 Å². The van der Waals surface area contributed by atoms with E-state index < -0.39 is 0 Å². The molecule has 18 heavy (non-hydrogen) atoms. The van der Waals surface area contributed by atoms with Gasteiger partial charge in [-0.25, -0.2) is 9.97 Å². The maximum Gasteiger partial charge on any atom is 0.137 e. The molecule has 6 heteroatoms. The Balaban J connectivity index is 3.10. The quantitative estimate of drug-likeness (QED) is 0.790. The van der Waals surface area contributed by atoms with Crippen molar-refractivity contribution in [3.63, 3.8) is 0 Å². The van der Waals surface area contributed by atoms with Crippen LogP contribution in [0.25, 0.3) is 0 Å². The number of anilines is 1. The number of aliphatic hydroxyl groups excluding tert-OH is 2. The molecule has 0 saturated carbocycles. The number of nitrogens with zero attached hydrogens (tertiary/aromatic N) is 3. The van der Waals surface area contributed by atoms with Crippen LogP contribution >= 0.6 is 11.6 Å². The summed E-state index contributed by atoms with van der Waals surface area (Å²) in [5.41, 5.74) is -0.205. The van der Waals surface area contributed by atoms with E-state index in [1.807, 2.05) is 20.8 Å². The average Bonchev–Trinajstić information content (AvgIpc) is 2.27. The topological polar surface area (TPSA) is 69.5 Å². The second-order valence-electron chi connectivity index (χ2n) is 5.06. The highest BCUT2D eigenvalue weighted by atomic mass is 35.5. The zero-order valence-corrected chi connectivity index (χ0v) is 11.8. The fourth-order valence-electron chi connectivity index (χ4n) is 1.49. The van der Waals surface area contributed by atoms with E-state index in [0.29, 0.717) is 29.9 Å². The molecule has 1 aromatic rings. The molecule has 0 spiro atoms. The van der Waals surface area contributed by atoms with Crippen LogP contribution in [0.15, 0.2) is 6.07 Å². The molecular formula is C12H20ClN3O2. The van der Waals surface area contributed by atoms with E-state index in [0.717, 1.165) is 0 Å². The van der Waals surface area contributed by atoms with Gasteiger partial charge in [0.25, 0.3) is 0 Å². The van der Waals surface area contributed by atoms with E-state index in [9.17, 15) is 0 Å². The Morgan fingerprint density at radius 3 is 2.17 bits per heavy atom. The standard InChI is InChI=1S/C12H20ClN3O2/c1-12(2,3)11-14-9(13)8-10(15-11)16(4-6-17)5-7-18/h8,17-18H,4-7H2,1-3H3. The van der Waals surface area contributed by atoms with Gasteiger partial charge < -0.3 is 15.1 Å². The largest absolute Gasteiger partial charge is 0.395 e. The molecule has 5 nitrogen and oxygen atoms in total. The minimum absolute atomic E-state index is 0.00747. The predicted octanol–water partition coefficient (Wildman–Crippen LogP) is 1.22. The second kappa shape index (κ2) is 6.31. The van der Waals surface area contributed by atoms with Gasteiger partial charge in [0.1, 0.15) is 16.8 Å². The van der Waals surface area contributed by atoms with Crippen LogP contribution in [0.3, 0.4) is 0 Å². The predicted molar refractivity (Wildman–Crippen MR) is 72.1 cm³/mol. The monoisotopic (exact) mass is 273 g/mol. The summed E-state index contributed by atoms with van der Waals surface area (Å²) in [7, 11) is 0. The molecule has 0 fully saturated rings. The molecule has 102 valence electrons. The van der Waals surface area contributed by atoms with E-state index in [2.05, 4.69) is 9.97 Å². The van der Waals surface area contributed by atoms with Gasteiger partial charge in [0, 0.05) is 24.6 Å². The Bertz CT molecular complexity index is 387. The first-order valence-corrected chi connectivity index (χ1v) is 6.28. The summed E-state index contributed by atoms with van der Waals surface area (Å²) in [6.45, 7) is 6.80. The number of hydrogen-bond donors (Lipinski definition) is 2. The van der Waals surface area contributed by atoms with Crippen LogP contribution in [0.4, 0.5) is 5.82 Å². The Hall–Kier alpha value is -0.910. The molecule has 0 aromatic carbocycles. The van der Waals surface area contributed by atoms with E-state index in [-0.39, 0.29) is 18.6 Å². The van der Waals surface area contributed by atoms with Gasteiger partial charge in [-0.1, -0.05) is 32.4 Å². The van der Waals surface area contributed by atoms with Crippen LogP contribution < -0.4 is 4.90 Å². The summed E-state index contributed by atoms with van der Waals surface area (Å²) in [4.78, 5) is 10.4. The van der Waals surface area contributed by atoms with Gasteiger partial charge in [-0.3, -0.25) is 0 Å². The molecule has 0 saturated heterocycles. The number of hydrogen-bond acceptors (Lipinski definition) is 5. The number of aromatic nitrogens is 2. The summed E-state index contributed by atoms with van der Waals surface area (Å²) in [5, 5.41) is 18.4. The lowest BCUT2D eigenvalue weighted by molar-refractivity contribution is 0.280. The van der Waals surface area contributed by atoms with Crippen molar-refractivity contribution in [3.05, 3.63) is 17.0 Å². The highest BCUT2D eigenvalue weighted by Crippen LogP contribution is 2.23. The Morgan fingerprint density at radius 2 is 1.72 bits per heavy atom. The lowest BCUT2D eigenvalue weighted by Crippen LogP contribution is -2.31. The molecule has 0 aliphatic carbocycles. The maximum absolute atomic E-state index is 9.02. The molecule has 1 heterocycles. The molecular weight excluding hydrogens is 254 g/mol. The third-order valence-corrected chi connectivity index (χ3v) is 2.61. The van der Waals surface area contributed by atoms with Crippen molar-refractivity contribution < 1.29 is 10.2 Å². The van der Waals surface area contributed by atoms with Gasteiger partial charge >= 0.3 is 0 Å². The summed E-state index contributed by atoms with van der Waals surface area (Å²) >= 11 is 6.00. The summed E-state index contributed by atoms with van der Waals surface area (Å²) in [6.07, 6.45) is 0. The van der Waals surface area contributed by atoms with Gasteiger partial charge in [0.2, 0.25) is 0 Å². The SMILES string of the molecule is CC(C)(C)c1nc(Cl)cc(N(CCO)CCO)n1. The number of rotatable bonds is 5. The molecule has 0 unspecified atom stereocenters. The fourth-order valence-corrected chi connectivity index (χ4v) is 1.66. The van der Waals surface area contributed by atoms with Crippen molar-refractivity contribution in [1.29, 1.82) is 0 Å². The van der Waals surface area contributed by atoms with Crippen LogP contribution in [0.5, 0.6) is 0 Å². The molecule has 0 amide bonds.